The highest BCUT2D eigenvalue weighted by Gasteiger charge is 2.24. The van der Waals surface area contributed by atoms with Crippen LogP contribution in [0.3, 0.4) is 0 Å². The molecule has 2 aromatic heterocycles. The number of anilines is 1. The number of aromatic nitrogens is 1. The van der Waals surface area contributed by atoms with E-state index in [-0.39, 0.29) is 24.9 Å². The van der Waals surface area contributed by atoms with E-state index >= 15 is 0 Å². The highest BCUT2D eigenvalue weighted by atomic mass is 16.3. The summed E-state index contributed by atoms with van der Waals surface area (Å²) in [5.74, 6) is 0.298. The van der Waals surface area contributed by atoms with Crippen LogP contribution in [-0.4, -0.2) is 53.8 Å². The van der Waals surface area contributed by atoms with Crippen LogP contribution in [0, 0.1) is 0 Å². The summed E-state index contributed by atoms with van der Waals surface area (Å²) in [4.78, 5) is 36.2. The highest BCUT2D eigenvalue weighted by Crippen LogP contribution is 2.20. The minimum Gasteiger partial charge on any atom is -0.467 e. The molecule has 2 heterocycles. The van der Waals surface area contributed by atoms with Gasteiger partial charge >= 0.3 is 0 Å². The number of fused-ring (bicyclic) bond motifs is 1. The fourth-order valence-corrected chi connectivity index (χ4v) is 4.82. The van der Waals surface area contributed by atoms with E-state index in [0.29, 0.717) is 30.8 Å². The molecule has 204 valence electrons. The number of rotatable bonds is 11. The van der Waals surface area contributed by atoms with Crippen LogP contribution in [0.1, 0.15) is 27.2 Å². The maximum atomic E-state index is 13.9. The Kier molecular flexibility index (Phi) is 8.30. The molecule has 3 aromatic carbocycles. The molecule has 0 fully saturated rings. The summed E-state index contributed by atoms with van der Waals surface area (Å²) in [7, 11) is 4.01. The maximum absolute atomic E-state index is 13.9. The number of nitrogens with one attached hydrogen (secondary N) is 1. The average Bonchev–Trinajstić information content (AvgIpc) is 3.65. The van der Waals surface area contributed by atoms with Crippen molar-refractivity contribution in [3.05, 3.63) is 126 Å². The number of hydrogen-bond donors (Lipinski definition) is 1. The lowest BCUT2D eigenvalue weighted by Crippen LogP contribution is -2.43. The number of hydrogen-bond acceptors (Lipinski definition) is 4. The standard InChI is InChI=1S/C33H34N4O3/c1-35(2)28-16-14-25(15-17-28)22-36(19-18-27-21-34-31-13-7-6-12-30(27)31)32(38)24-37(23-29-11-8-20-40-29)33(39)26-9-4-3-5-10-26/h3-17,20-21,34H,18-19,22-24H2,1-2H3. The van der Waals surface area contributed by atoms with Gasteiger partial charge < -0.3 is 24.1 Å². The molecule has 0 saturated carbocycles. The lowest BCUT2D eigenvalue weighted by molar-refractivity contribution is -0.132. The number of amides is 2. The number of H-pyrrole nitrogens is 1. The van der Waals surface area contributed by atoms with Crippen LogP contribution in [0.2, 0.25) is 0 Å². The SMILES string of the molecule is CN(C)c1ccc(CN(CCc2c[nH]c3ccccc23)C(=O)CN(Cc2ccco2)C(=O)c2ccccc2)cc1. The van der Waals surface area contributed by atoms with E-state index in [1.165, 1.54) is 0 Å². The van der Waals surface area contributed by atoms with Gasteiger partial charge in [-0.25, -0.2) is 0 Å². The molecule has 0 aliphatic heterocycles. The van der Waals surface area contributed by atoms with Gasteiger partial charge in [0.05, 0.1) is 12.8 Å². The molecule has 2 amide bonds. The zero-order valence-corrected chi connectivity index (χ0v) is 22.9. The molecular weight excluding hydrogens is 500 g/mol. The molecule has 0 bridgehead atoms. The molecule has 40 heavy (non-hydrogen) atoms. The maximum Gasteiger partial charge on any atom is 0.254 e. The smallest absolute Gasteiger partial charge is 0.254 e. The number of carbonyl (C=O) groups excluding carboxylic acids is 2. The molecule has 0 atom stereocenters. The third-order valence-corrected chi connectivity index (χ3v) is 7.07. The molecule has 0 unspecified atom stereocenters. The van der Waals surface area contributed by atoms with Crippen LogP contribution in [0.25, 0.3) is 10.9 Å². The van der Waals surface area contributed by atoms with Crippen molar-refractivity contribution in [3.8, 4) is 0 Å². The van der Waals surface area contributed by atoms with Gasteiger partial charge in [0.1, 0.15) is 12.3 Å². The minimum atomic E-state index is -0.211. The second-order valence-electron chi connectivity index (χ2n) is 10.1. The Morgan fingerprint density at radius 3 is 2.27 bits per heavy atom. The van der Waals surface area contributed by atoms with Crippen molar-refractivity contribution in [3.63, 3.8) is 0 Å². The van der Waals surface area contributed by atoms with E-state index in [4.69, 9.17) is 4.42 Å². The molecule has 7 heteroatoms. The average molecular weight is 535 g/mol. The van der Waals surface area contributed by atoms with Crippen LogP contribution < -0.4 is 4.90 Å². The zero-order chi connectivity index (χ0) is 27.9. The van der Waals surface area contributed by atoms with E-state index in [0.717, 1.165) is 27.7 Å². The number of para-hydroxylation sites is 1. The van der Waals surface area contributed by atoms with Gasteiger partial charge in [0, 0.05) is 55.5 Å². The Balaban J connectivity index is 1.38. The minimum absolute atomic E-state index is 0.0574. The van der Waals surface area contributed by atoms with Crippen molar-refractivity contribution in [2.45, 2.75) is 19.5 Å². The second-order valence-corrected chi connectivity index (χ2v) is 10.1. The van der Waals surface area contributed by atoms with Crippen molar-refractivity contribution in [2.24, 2.45) is 0 Å². The quantitative estimate of drug-likeness (QED) is 0.235. The summed E-state index contributed by atoms with van der Waals surface area (Å²) >= 11 is 0. The largest absolute Gasteiger partial charge is 0.467 e. The molecule has 1 N–H and O–H groups in total. The summed E-state index contributed by atoms with van der Waals surface area (Å²) in [5, 5.41) is 1.16. The van der Waals surface area contributed by atoms with Gasteiger partial charge in [0.2, 0.25) is 5.91 Å². The first-order chi connectivity index (χ1) is 19.5. The molecule has 0 spiro atoms. The Hall–Kier alpha value is -4.78. The summed E-state index contributed by atoms with van der Waals surface area (Å²) in [6.07, 6.45) is 4.28. The highest BCUT2D eigenvalue weighted by molar-refractivity contribution is 5.96. The van der Waals surface area contributed by atoms with Crippen LogP contribution in [0.15, 0.2) is 108 Å². The molecule has 7 nitrogen and oxygen atoms in total. The first-order valence-corrected chi connectivity index (χ1v) is 13.4. The van der Waals surface area contributed by atoms with Crippen molar-refractivity contribution >= 4 is 28.4 Å². The number of benzene rings is 3. The van der Waals surface area contributed by atoms with E-state index in [1.54, 1.807) is 29.4 Å². The van der Waals surface area contributed by atoms with Crippen LogP contribution in [-0.2, 0) is 24.3 Å². The molecule has 0 aliphatic carbocycles. The molecule has 0 saturated heterocycles. The lowest BCUT2D eigenvalue weighted by Gasteiger charge is -2.28. The molecular formula is C33H34N4O3. The number of nitrogens with zero attached hydrogens (tertiary/aromatic N) is 3. The van der Waals surface area contributed by atoms with Crippen molar-refractivity contribution in [2.75, 3.05) is 32.1 Å². The summed E-state index contributed by atoms with van der Waals surface area (Å²) < 4.78 is 5.53. The van der Waals surface area contributed by atoms with Crippen LogP contribution in [0.5, 0.6) is 0 Å². The molecule has 5 rings (SSSR count). The fourth-order valence-electron chi connectivity index (χ4n) is 4.82. The Morgan fingerprint density at radius 2 is 1.55 bits per heavy atom. The Labute approximate surface area is 234 Å². The fraction of sp³-hybridized carbons (Fsp3) is 0.212. The van der Waals surface area contributed by atoms with E-state index in [9.17, 15) is 9.59 Å². The van der Waals surface area contributed by atoms with E-state index in [2.05, 4.69) is 41.4 Å². The van der Waals surface area contributed by atoms with E-state index < -0.39 is 0 Å². The van der Waals surface area contributed by atoms with Crippen molar-refractivity contribution in [1.29, 1.82) is 0 Å². The first kappa shape index (κ1) is 26.8. The number of furan rings is 1. The number of aromatic amines is 1. The van der Waals surface area contributed by atoms with Crippen LogP contribution in [0.4, 0.5) is 5.69 Å². The molecule has 5 aromatic rings. The van der Waals surface area contributed by atoms with E-state index in [1.807, 2.05) is 66.5 Å². The van der Waals surface area contributed by atoms with Crippen LogP contribution >= 0.6 is 0 Å². The predicted octanol–water partition coefficient (Wildman–Crippen LogP) is 5.74. The lowest BCUT2D eigenvalue weighted by atomic mass is 10.1. The van der Waals surface area contributed by atoms with Gasteiger partial charge in [0.25, 0.3) is 5.91 Å². The van der Waals surface area contributed by atoms with Gasteiger partial charge in [0.15, 0.2) is 0 Å². The van der Waals surface area contributed by atoms with Crippen molar-refractivity contribution in [1.82, 2.24) is 14.8 Å². The van der Waals surface area contributed by atoms with Crippen molar-refractivity contribution < 1.29 is 14.0 Å². The van der Waals surface area contributed by atoms with Gasteiger partial charge in [-0.3, -0.25) is 9.59 Å². The zero-order valence-electron chi connectivity index (χ0n) is 22.9. The van der Waals surface area contributed by atoms with Gasteiger partial charge in [-0.05, 0) is 60.0 Å². The van der Waals surface area contributed by atoms with Gasteiger partial charge in [-0.15, -0.1) is 0 Å². The first-order valence-electron chi connectivity index (χ1n) is 13.4. The third kappa shape index (κ3) is 6.43. The topological polar surface area (TPSA) is 72.8 Å². The monoisotopic (exact) mass is 534 g/mol. The normalized spacial score (nSPS) is 10.9. The summed E-state index contributed by atoms with van der Waals surface area (Å²) in [6, 6.07) is 29.0. The summed E-state index contributed by atoms with van der Waals surface area (Å²) in [6.45, 7) is 1.12. The molecule has 0 aliphatic rings. The third-order valence-electron chi connectivity index (χ3n) is 7.07. The Morgan fingerprint density at radius 1 is 0.800 bits per heavy atom. The predicted molar refractivity (Wildman–Crippen MR) is 158 cm³/mol. The molecule has 0 radical (unpaired) electrons. The number of carbonyl (C=O) groups is 2. The summed E-state index contributed by atoms with van der Waals surface area (Å²) in [5.41, 5.74) is 4.90. The second kappa shape index (κ2) is 12.4. The van der Waals surface area contributed by atoms with Gasteiger partial charge in [-0.2, -0.15) is 0 Å². The van der Waals surface area contributed by atoms with Gasteiger partial charge in [-0.1, -0.05) is 48.5 Å². The Bertz CT molecular complexity index is 1540.